The number of methoxy groups -OCH3 is 1. The molecule has 0 aliphatic carbocycles. The summed E-state index contributed by atoms with van der Waals surface area (Å²) in [5.41, 5.74) is 1.32. The molecule has 4 rings (SSSR count). The third-order valence-electron chi connectivity index (χ3n) is 5.20. The van der Waals surface area contributed by atoms with Crippen LogP contribution in [-0.4, -0.2) is 35.5 Å². The van der Waals surface area contributed by atoms with E-state index in [1.165, 1.54) is 12.1 Å². The Hall–Kier alpha value is -4.02. The van der Waals surface area contributed by atoms with Crippen molar-refractivity contribution in [2.24, 2.45) is 4.99 Å². The molecule has 0 unspecified atom stereocenters. The summed E-state index contributed by atoms with van der Waals surface area (Å²) in [6.45, 7) is 2.68. The molecule has 1 aliphatic rings. The van der Waals surface area contributed by atoms with Gasteiger partial charge in [-0.25, -0.2) is 14.4 Å². The fourth-order valence-electron chi connectivity index (χ4n) is 3.62. The van der Waals surface area contributed by atoms with E-state index in [4.69, 9.17) is 4.74 Å². The van der Waals surface area contributed by atoms with Gasteiger partial charge < -0.3 is 14.8 Å². The molecule has 2 aromatic heterocycles. The lowest BCUT2D eigenvalue weighted by Gasteiger charge is -2.13. The van der Waals surface area contributed by atoms with Crippen LogP contribution in [-0.2, 0) is 28.7 Å². The quantitative estimate of drug-likeness (QED) is 0.505. The summed E-state index contributed by atoms with van der Waals surface area (Å²) >= 11 is 0. The van der Waals surface area contributed by atoms with E-state index in [0.717, 1.165) is 25.1 Å². The van der Waals surface area contributed by atoms with Crippen molar-refractivity contribution in [3.63, 3.8) is 0 Å². The van der Waals surface area contributed by atoms with Gasteiger partial charge in [-0.3, -0.25) is 9.78 Å². The van der Waals surface area contributed by atoms with Crippen molar-refractivity contribution in [2.45, 2.75) is 26.1 Å². The molecule has 0 saturated heterocycles. The van der Waals surface area contributed by atoms with Gasteiger partial charge in [0.25, 0.3) is 0 Å². The summed E-state index contributed by atoms with van der Waals surface area (Å²) in [6.07, 6.45) is -2.37. The Morgan fingerprint density at radius 1 is 1.11 bits per heavy atom. The average molecular weight is 488 g/mol. The number of nitrogens with zero attached hydrogens (tertiary/aromatic N) is 3. The molecule has 1 N–H and O–H groups in total. The number of benzene rings is 1. The maximum atomic E-state index is 14.9. The Balaban J connectivity index is 1.49. The van der Waals surface area contributed by atoms with Gasteiger partial charge >= 0.3 is 6.18 Å². The monoisotopic (exact) mass is 488 g/mol. The van der Waals surface area contributed by atoms with Crippen molar-refractivity contribution in [3.8, 4) is 17.0 Å². The predicted molar refractivity (Wildman–Crippen MR) is 120 cm³/mol. The van der Waals surface area contributed by atoms with Crippen LogP contribution in [0.5, 0.6) is 5.88 Å². The van der Waals surface area contributed by atoms with E-state index in [1.54, 1.807) is 18.3 Å². The number of hydrogen-bond donors (Lipinski definition) is 1. The number of ether oxygens (including phenoxy) is 2. The Labute approximate surface area is 197 Å². The number of nitrogens with one attached hydrogen (secondary N) is 1. The van der Waals surface area contributed by atoms with Crippen LogP contribution in [0.2, 0.25) is 0 Å². The smallest absolute Gasteiger partial charge is 0.421 e. The fraction of sp³-hybridized carbons (Fsp3) is 0.250. The van der Waals surface area contributed by atoms with E-state index in [9.17, 15) is 22.4 Å². The highest BCUT2D eigenvalue weighted by Crippen LogP contribution is 2.36. The van der Waals surface area contributed by atoms with Gasteiger partial charge in [0.15, 0.2) is 0 Å². The van der Waals surface area contributed by atoms with Gasteiger partial charge in [-0.1, -0.05) is 12.1 Å². The Kier molecular flexibility index (Phi) is 6.68. The topological polar surface area (TPSA) is 85.7 Å². The Morgan fingerprint density at radius 2 is 1.91 bits per heavy atom. The number of pyridine rings is 2. The largest absolute Gasteiger partial charge is 0.481 e. The zero-order valence-electron chi connectivity index (χ0n) is 18.7. The molecule has 0 spiro atoms. The zero-order chi connectivity index (χ0) is 25.2. The van der Waals surface area contributed by atoms with Gasteiger partial charge in [0.05, 0.1) is 49.8 Å². The van der Waals surface area contributed by atoms with E-state index in [2.05, 4.69) is 25.0 Å². The van der Waals surface area contributed by atoms with Crippen LogP contribution in [0.3, 0.4) is 0 Å². The molecule has 0 bridgehead atoms. The molecule has 7 nitrogen and oxygen atoms in total. The molecule has 0 saturated carbocycles. The first-order chi connectivity index (χ1) is 16.7. The van der Waals surface area contributed by atoms with Crippen molar-refractivity contribution in [1.29, 1.82) is 0 Å². The van der Waals surface area contributed by atoms with Gasteiger partial charge in [-0.15, -0.1) is 0 Å². The number of carbonyl (C=O) groups is 1. The van der Waals surface area contributed by atoms with Crippen LogP contribution in [0.25, 0.3) is 11.1 Å². The van der Waals surface area contributed by atoms with Crippen LogP contribution in [0.4, 0.5) is 23.2 Å². The molecule has 35 heavy (non-hydrogen) atoms. The number of rotatable bonds is 6. The number of anilines is 1. The van der Waals surface area contributed by atoms with Gasteiger partial charge in [0.2, 0.25) is 17.7 Å². The number of hydrogen-bond acceptors (Lipinski definition) is 6. The summed E-state index contributed by atoms with van der Waals surface area (Å²) in [6, 6.07) is 6.77. The first-order valence-electron chi connectivity index (χ1n) is 10.6. The highest BCUT2D eigenvalue weighted by atomic mass is 19.4. The number of halogens is 4. The van der Waals surface area contributed by atoms with Crippen molar-refractivity contribution < 1.29 is 31.8 Å². The molecular weight excluding hydrogens is 468 g/mol. The molecule has 1 aromatic carbocycles. The summed E-state index contributed by atoms with van der Waals surface area (Å²) in [4.78, 5) is 24.6. The molecule has 0 radical (unpaired) electrons. The number of aromatic nitrogens is 2. The third-order valence-corrected chi connectivity index (χ3v) is 5.20. The first kappa shape index (κ1) is 24.1. The van der Waals surface area contributed by atoms with E-state index in [1.807, 2.05) is 6.92 Å². The molecule has 11 heteroatoms. The maximum absolute atomic E-state index is 14.9. The van der Waals surface area contributed by atoms with Crippen LogP contribution in [0.15, 0.2) is 47.7 Å². The minimum absolute atomic E-state index is 0.156. The van der Waals surface area contributed by atoms with Crippen LogP contribution in [0.1, 0.15) is 29.3 Å². The zero-order valence-corrected chi connectivity index (χ0v) is 18.7. The predicted octanol–water partition coefficient (Wildman–Crippen LogP) is 4.79. The maximum Gasteiger partial charge on any atom is 0.421 e. The molecule has 3 heterocycles. The first-order valence-corrected chi connectivity index (χ1v) is 10.6. The Morgan fingerprint density at radius 3 is 2.60 bits per heavy atom. The summed E-state index contributed by atoms with van der Waals surface area (Å²) in [5.74, 6) is -1.34. The van der Waals surface area contributed by atoms with Crippen molar-refractivity contribution in [1.82, 2.24) is 9.97 Å². The van der Waals surface area contributed by atoms with Gasteiger partial charge in [0.1, 0.15) is 11.4 Å². The van der Waals surface area contributed by atoms with E-state index in [0.29, 0.717) is 35.7 Å². The van der Waals surface area contributed by atoms with Crippen LogP contribution < -0.4 is 10.1 Å². The SMILES string of the molecule is CCOC1=NCc2ncc(-c3ccc(CC(=O)Nc4cnc(OC)c(C(F)(F)F)c4)cc3F)cc21. The van der Waals surface area contributed by atoms with Crippen LogP contribution >= 0.6 is 0 Å². The second kappa shape index (κ2) is 9.69. The number of alkyl halides is 3. The highest BCUT2D eigenvalue weighted by molar-refractivity contribution is 5.98. The number of amides is 1. The minimum atomic E-state index is -4.71. The van der Waals surface area contributed by atoms with E-state index >= 15 is 0 Å². The van der Waals surface area contributed by atoms with Crippen LogP contribution in [0, 0.1) is 5.82 Å². The lowest BCUT2D eigenvalue weighted by atomic mass is 10.0. The second-order valence-electron chi connectivity index (χ2n) is 7.59. The fourth-order valence-corrected chi connectivity index (χ4v) is 3.62. The number of fused-ring (bicyclic) bond motifs is 1. The van der Waals surface area contributed by atoms with Gasteiger partial charge in [-0.2, -0.15) is 13.2 Å². The second-order valence-corrected chi connectivity index (χ2v) is 7.59. The molecule has 0 atom stereocenters. The van der Waals surface area contributed by atoms with E-state index < -0.39 is 29.3 Å². The summed E-state index contributed by atoms with van der Waals surface area (Å²) in [5, 5.41) is 2.35. The van der Waals surface area contributed by atoms with Crippen molar-refractivity contribution >= 4 is 17.5 Å². The number of carbonyl (C=O) groups excluding carboxylic acids is 1. The lowest BCUT2D eigenvalue weighted by molar-refractivity contribution is -0.139. The van der Waals surface area contributed by atoms with E-state index in [-0.39, 0.29) is 17.7 Å². The molecule has 1 amide bonds. The van der Waals surface area contributed by atoms with Crippen molar-refractivity contribution in [2.75, 3.05) is 19.0 Å². The Bertz CT molecular complexity index is 1310. The average Bonchev–Trinajstić information content (AvgIpc) is 3.21. The minimum Gasteiger partial charge on any atom is -0.481 e. The lowest BCUT2D eigenvalue weighted by Crippen LogP contribution is -2.16. The summed E-state index contributed by atoms with van der Waals surface area (Å²) in [7, 11) is 1.07. The summed E-state index contributed by atoms with van der Waals surface area (Å²) < 4.78 is 64.5. The molecule has 182 valence electrons. The van der Waals surface area contributed by atoms with Gasteiger partial charge in [0, 0.05) is 17.3 Å². The van der Waals surface area contributed by atoms with Crippen molar-refractivity contribution in [3.05, 3.63) is 70.9 Å². The molecule has 1 aliphatic heterocycles. The third kappa shape index (κ3) is 5.23. The molecule has 0 fully saturated rings. The normalized spacial score (nSPS) is 12.7. The number of aliphatic imine (C=N–C) groups is 1. The molecule has 3 aromatic rings. The molecular formula is C24H20F4N4O3. The van der Waals surface area contributed by atoms with Gasteiger partial charge in [-0.05, 0) is 30.7 Å². The standard InChI is InChI=1S/C24H20F4N4O3/c1-3-35-22-17-8-14(10-29-20(17)12-31-22)16-5-4-13(6-19(16)25)7-21(33)32-15-9-18(24(26,27)28)23(34-2)30-11-15/h4-6,8-11H,3,7,12H2,1-2H3,(H,32,33). The highest BCUT2D eigenvalue weighted by Gasteiger charge is 2.35.